The average molecular weight is 260 g/mol. The molecule has 98 valence electrons. The normalized spacial score (nSPS) is 10.9. The Labute approximate surface area is 112 Å². The maximum Gasteiger partial charge on any atom is 0.134 e. The summed E-state index contributed by atoms with van der Waals surface area (Å²) >= 11 is 0. The highest BCUT2D eigenvalue weighted by Crippen LogP contribution is 2.23. The first-order valence-corrected chi connectivity index (χ1v) is 10.3. The third-order valence-electron chi connectivity index (χ3n) is 2.74. The minimum atomic E-state index is -1.38. The molecule has 1 N–H and O–H groups in total. The van der Waals surface area contributed by atoms with Gasteiger partial charge < -0.3 is 5.11 Å². The molecular formula is C16H24OSi. The second-order valence-electron chi connectivity index (χ2n) is 5.77. The van der Waals surface area contributed by atoms with Gasteiger partial charge in [-0.25, -0.2) is 0 Å². The van der Waals surface area contributed by atoms with E-state index in [2.05, 4.69) is 38.0 Å². The van der Waals surface area contributed by atoms with Crippen LogP contribution in [0.3, 0.4) is 0 Å². The molecule has 0 atom stereocenters. The van der Waals surface area contributed by atoms with Crippen LogP contribution in [0.25, 0.3) is 0 Å². The molecule has 1 nitrogen and oxygen atoms in total. The van der Waals surface area contributed by atoms with E-state index in [1.165, 1.54) is 12.8 Å². The third kappa shape index (κ3) is 4.97. The van der Waals surface area contributed by atoms with Gasteiger partial charge in [0.15, 0.2) is 0 Å². The van der Waals surface area contributed by atoms with Crippen LogP contribution in [0.4, 0.5) is 0 Å². The lowest BCUT2D eigenvalue weighted by atomic mass is 10.0. The van der Waals surface area contributed by atoms with Crippen LogP contribution >= 0.6 is 0 Å². The van der Waals surface area contributed by atoms with Crippen molar-refractivity contribution < 1.29 is 5.11 Å². The molecule has 1 aromatic carbocycles. The van der Waals surface area contributed by atoms with Gasteiger partial charge in [-0.1, -0.05) is 57.5 Å². The highest BCUT2D eigenvalue weighted by molar-refractivity contribution is 6.83. The fourth-order valence-electron chi connectivity index (χ4n) is 1.71. The van der Waals surface area contributed by atoms with Gasteiger partial charge in [-0.3, -0.25) is 0 Å². The largest absolute Gasteiger partial charge is 0.506 e. The van der Waals surface area contributed by atoms with Gasteiger partial charge in [0.05, 0.1) is 5.56 Å². The standard InChI is InChI=1S/C16H24OSi/c1-5-6-7-9-14-10-8-11-15(16(14)17)12-13-18(2,3)4/h8,10-11,17H,5-7,9H2,1-4H3. The molecule has 0 unspecified atom stereocenters. The molecule has 1 aromatic rings. The third-order valence-corrected chi connectivity index (χ3v) is 3.62. The predicted molar refractivity (Wildman–Crippen MR) is 81.6 cm³/mol. The Bertz CT molecular complexity index is 446. The van der Waals surface area contributed by atoms with Crippen molar-refractivity contribution in [1.82, 2.24) is 0 Å². The van der Waals surface area contributed by atoms with Crippen molar-refractivity contribution in [1.29, 1.82) is 0 Å². The van der Waals surface area contributed by atoms with E-state index in [0.29, 0.717) is 5.75 Å². The number of hydrogen-bond acceptors (Lipinski definition) is 1. The van der Waals surface area contributed by atoms with Crippen LogP contribution in [0.5, 0.6) is 5.75 Å². The van der Waals surface area contributed by atoms with Crippen molar-refractivity contribution in [2.45, 2.75) is 52.2 Å². The Morgan fingerprint density at radius 2 is 1.89 bits per heavy atom. The molecule has 2 heteroatoms. The maximum atomic E-state index is 10.2. The number of unbranched alkanes of at least 4 members (excludes halogenated alkanes) is 2. The first-order valence-electron chi connectivity index (χ1n) is 6.78. The SMILES string of the molecule is CCCCCc1cccc(C#C[Si](C)(C)C)c1O. The van der Waals surface area contributed by atoms with Crippen LogP contribution < -0.4 is 0 Å². The van der Waals surface area contributed by atoms with Gasteiger partial charge in [-0.2, -0.15) is 0 Å². The molecule has 0 aliphatic heterocycles. The average Bonchev–Trinajstić information content (AvgIpc) is 2.29. The molecule has 0 radical (unpaired) electrons. The van der Waals surface area contributed by atoms with Crippen LogP contribution in [0.2, 0.25) is 19.6 Å². The Hall–Kier alpha value is -1.20. The lowest BCUT2D eigenvalue weighted by molar-refractivity contribution is 0.465. The molecule has 0 heterocycles. The van der Waals surface area contributed by atoms with Crippen LogP contribution in [-0.4, -0.2) is 13.2 Å². The van der Waals surface area contributed by atoms with Crippen LogP contribution in [-0.2, 0) is 6.42 Å². The first-order chi connectivity index (χ1) is 8.44. The Kier molecular flexibility index (Phi) is 5.49. The summed E-state index contributed by atoms with van der Waals surface area (Å²) in [4.78, 5) is 0. The zero-order valence-corrected chi connectivity index (χ0v) is 13.0. The van der Waals surface area contributed by atoms with Crippen LogP contribution in [0.1, 0.15) is 37.3 Å². The van der Waals surface area contributed by atoms with Crippen molar-refractivity contribution >= 4 is 8.07 Å². The molecule has 0 aliphatic carbocycles. The van der Waals surface area contributed by atoms with Crippen LogP contribution in [0.15, 0.2) is 18.2 Å². The summed E-state index contributed by atoms with van der Waals surface area (Å²) in [6.07, 6.45) is 4.50. The van der Waals surface area contributed by atoms with E-state index in [-0.39, 0.29) is 0 Å². The van der Waals surface area contributed by atoms with E-state index in [4.69, 9.17) is 0 Å². The van der Waals surface area contributed by atoms with Crippen molar-refractivity contribution in [2.75, 3.05) is 0 Å². The van der Waals surface area contributed by atoms with Crippen molar-refractivity contribution in [3.05, 3.63) is 29.3 Å². The van der Waals surface area contributed by atoms with Gasteiger partial charge in [0.2, 0.25) is 0 Å². The highest BCUT2D eigenvalue weighted by Gasteiger charge is 2.09. The van der Waals surface area contributed by atoms with E-state index in [1.807, 2.05) is 18.2 Å². The molecule has 18 heavy (non-hydrogen) atoms. The minimum Gasteiger partial charge on any atom is -0.506 e. The fourth-order valence-corrected chi connectivity index (χ4v) is 2.22. The second-order valence-corrected chi connectivity index (χ2v) is 10.5. The first kappa shape index (κ1) is 14.9. The summed E-state index contributed by atoms with van der Waals surface area (Å²) in [6, 6.07) is 5.91. The van der Waals surface area contributed by atoms with Gasteiger partial charge >= 0.3 is 0 Å². The summed E-state index contributed by atoms with van der Waals surface area (Å²) in [5.41, 5.74) is 5.12. The van der Waals surface area contributed by atoms with Gasteiger partial charge in [0.25, 0.3) is 0 Å². The predicted octanol–water partition coefficient (Wildman–Crippen LogP) is 4.35. The monoisotopic (exact) mass is 260 g/mol. The quantitative estimate of drug-likeness (QED) is 0.484. The smallest absolute Gasteiger partial charge is 0.134 e. The Morgan fingerprint density at radius 1 is 1.17 bits per heavy atom. The molecule has 1 rings (SSSR count). The van der Waals surface area contributed by atoms with E-state index < -0.39 is 8.07 Å². The number of rotatable bonds is 4. The minimum absolute atomic E-state index is 0.388. The molecule has 0 saturated carbocycles. The van der Waals surface area contributed by atoms with Crippen molar-refractivity contribution in [3.63, 3.8) is 0 Å². The van der Waals surface area contributed by atoms with E-state index in [1.54, 1.807) is 0 Å². The van der Waals surface area contributed by atoms with Gasteiger partial charge in [-0.05, 0) is 24.5 Å². The number of phenols is 1. The molecule has 0 fully saturated rings. The summed E-state index contributed by atoms with van der Waals surface area (Å²) in [7, 11) is -1.38. The molecule has 0 amide bonds. The lowest BCUT2D eigenvalue weighted by Gasteiger charge is -2.07. The number of phenolic OH excluding ortho intramolecular Hbond substituents is 1. The van der Waals surface area contributed by atoms with Gasteiger partial charge in [0, 0.05) is 0 Å². The molecule has 0 aromatic heterocycles. The van der Waals surface area contributed by atoms with E-state index in [9.17, 15) is 5.11 Å². The summed E-state index contributed by atoms with van der Waals surface area (Å²) < 4.78 is 0. The summed E-state index contributed by atoms with van der Waals surface area (Å²) in [6.45, 7) is 8.82. The lowest BCUT2D eigenvalue weighted by Crippen LogP contribution is -2.16. The van der Waals surface area contributed by atoms with Crippen molar-refractivity contribution in [3.8, 4) is 17.2 Å². The summed E-state index contributed by atoms with van der Waals surface area (Å²) in [5, 5.41) is 10.2. The fraction of sp³-hybridized carbons (Fsp3) is 0.500. The van der Waals surface area contributed by atoms with E-state index in [0.717, 1.165) is 24.0 Å². The van der Waals surface area contributed by atoms with Crippen LogP contribution in [0, 0.1) is 11.5 Å². The zero-order chi connectivity index (χ0) is 13.6. The topological polar surface area (TPSA) is 20.2 Å². The molecule has 0 bridgehead atoms. The maximum absolute atomic E-state index is 10.2. The Balaban J connectivity index is 2.87. The number of aromatic hydroxyl groups is 1. The number of para-hydroxylation sites is 1. The Morgan fingerprint density at radius 3 is 2.50 bits per heavy atom. The number of aryl methyl sites for hydroxylation is 1. The van der Waals surface area contributed by atoms with E-state index >= 15 is 0 Å². The highest BCUT2D eigenvalue weighted by atomic mass is 28.3. The number of benzene rings is 1. The zero-order valence-electron chi connectivity index (χ0n) is 12.0. The summed E-state index contributed by atoms with van der Waals surface area (Å²) in [5.74, 6) is 3.53. The van der Waals surface area contributed by atoms with Crippen molar-refractivity contribution in [2.24, 2.45) is 0 Å². The molecule has 0 aliphatic rings. The van der Waals surface area contributed by atoms with Gasteiger partial charge in [-0.15, -0.1) is 5.54 Å². The number of hydrogen-bond donors (Lipinski definition) is 1. The second kappa shape index (κ2) is 6.66. The molecular weight excluding hydrogens is 236 g/mol. The molecule has 0 spiro atoms. The van der Waals surface area contributed by atoms with Gasteiger partial charge in [0.1, 0.15) is 13.8 Å². The molecule has 0 saturated heterocycles.